The molecule has 1 aromatic heterocycles. The molecule has 0 atom stereocenters. The van der Waals surface area contributed by atoms with E-state index in [0.717, 1.165) is 0 Å². The molecule has 0 aliphatic heterocycles. The summed E-state index contributed by atoms with van der Waals surface area (Å²) in [6, 6.07) is 8.23. The third kappa shape index (κ3) is 2.63. The van der Waals surface area contributed by atoms with Crippen LogP contribution in [0.4, 0.5) is 0 Å². The van der Waals surface area contributed by atoms with Gasteiger partial charge in [0.2, 0.25) is 5.78 Å². The number of carbonyl (C=O) groups is 1. The lowest BCUT2D eigenvalue weighted by atomic mass is 10.1. The van der Waals surface area contributed by atoms with Gasteiger partial charge in [-0.05, 0) is 37.3 Å². The Morgan fingerprint density at radius 1 is 1.28 bits per heavy atom. The molecule has 0 aliphatic rings. The van der Waals surface area contributed by atoms with Crippen molar-refractivity contribution in [2.75, 3.05) is 6.61 Å². The van der Waals surface area contributed by atoms with Crippen LogP contribution in [0.2, 0.25) is 0 Å². The van der Waals surface area contributed by atoms with Gasteiger partial charge in [-0.1, -0.05) is 0 Å². The molecule has 2 aromatic rings. The van der Waals surface area contributed by atoms with E-state index in [1.807, 2.05) is 6.92 Å². The van der Waals surface area contributed by atoms with Crippen molar-refractivity contribution in [1.29, 1.82) is 0 Å². The molecule has 18 heavy (non-hydrogen) atoms. The first-order valence-electron chi connectivity index (χ1n) is 5.53. The zero-order valence-electron chi connectivity index (χ0n) is 9.84. The Kier molecular flexibility index (Phi) is 3.52. The lowest BCUT2D eigenvalue weighted by Gasteiger charge is -2.04. The Bertz CT molecular complexity index is 602. The highest BCUT2D eigenvalue weighted by molar-refractivity contribution is 6.07. The van der Waals surface area contributed by atoms with Crippen molar-refractivity contribution in [2.24, 2.45) is 0 Å². The van der Waals surface area contributed by atoms with Crippen molar-refractivity contribution < 1.29 is 9.53 Å². The van der Waals surface area contributed by atoms with Crippen LogP contribution in [-0.2, 0) is 0 Å². The number of benzene rings is 1. The van der Waals surface area contributed by atoms with E-state index in [1.165, 1.54) is 12.3 Å². The van der Waals surface area contributed by atoms with E-state index >= 15 is 0 Å². The smallest absolute Gasteiger partial charge is 0.345 e. The highest BCUT2D eigenvalue weighted by Gasteiger charge is 2.09. The summed E-state index contributed by atoms with van der Waals surface area (Å²) in [4.78, 5) is 28.9. The molecule has 0 amide bonds. The number of aromatic amines is 1. The number of ether oxygens (including phenoxy) is 1. The van der Waals surface area contributed by atoms with Crippen molar-refractivity contribution >= 4 is 5.78 Å². The predicted octanol–water partition coefficient (Wildman–Crippen LogP) is 1.40. The minimum atomic E-state index is -0.535. The molecule has 92 valence electrons. The zero-order chi connectivity index (χ0) is 13.0. The summed E-state index contributed by atoms with van der Waals surface area (Å²) in [5.74, 6) is 0.454. The molecule has 5 nitrogen and oxygen atoms in total. The average molecular weight is 244 g/mol. The number of hydrogen-bond acceptors (Lipinski definition) is 4. The molecule has 0 unspecified atom stereocenters. The van der Waals surface area contributed by atoms with Crippen LogP contribution < -0.4 is 10.4 Å². The fourth-order valence-corrected chi connectivity index (χ4v) is 1.53. The summed E-state index contributed by atoms with van der Waals surface area (Å²) in [7, 11) is 0. The standard InChI is InChI=1S/C13H12N2O3/c1-2-18-10-5-3-9(4-6-10)12(16)11-7-8-14-13(17)15-11/h3-8H,2H2,1H3,(H,14,15,17). The molecule has 0 bridgehead atoms. The van der Waals surface area contributed by atoms with Crippen LogP contribution in [0.3, 0.4) is 0 Å². The monoisotopic (exact) mass is 244 g/mol. The molecule has 0 saturated carbocycles. The SMILES string of the molecule is CCOc1ccc(C(=O)c2ccnc(=O)[nH]2)cc1. The van der Waals surface area contributed by atoms with Crippen molar-refractivity contribution in [3.8, 4) is 5.75 Å². The van der Waals surface area contributed by atoms with Gasteiger partial charge in [-0.15, -0.1) is 0 Å². The molecular weight excluding hydrogens is 232 g/mol. The quantitative estimate of drug-likeness (QED) is 0.825. The third-order valence-electron chi connectivity index (χ3n) is 2.35. The maximum absolute atomic E-state index is 12.0. The fraction of sp³-hybridized carbons (Fsp3) is 0.154. The van der Waals surface area contributed by atoms with Gasteiger partial charge in [0.1, 0.15) is 5.75 Å². The summed E-state index contributed by atoms with van der Waals surface area (Å²) in [6.45, 7) is 2.46. The Hall–Kier alpha value is -2.43. The van der Waals surface area contributed by atoms with E-state index in [4.69, 9.17) is 4.74 Å². The minimum absolute atomic E-state index is 0.221. The van der Waals surface area contributed by atoms with Gasteiger partial charge < -0.3 is 9.72 Å². The molecule has 0 radical (unpaired) electrons. The lowest BCUT2D eigenvalue weighted by Crippen LogP contribution is -2.15. The van der Waals surface area contributed by atoms with E-state index in [0.29, 0.717) is 17.9 Å². The van der Waals surface area contributed by atoms with Crippen molar-refractivity contribution in [2.45, 2.75) is 6.92 Å². The highest BCUT2D eigenvalue weighted by Crippen LogP contribution is 2.14. The van der Waals surface area contributed by atoms with Gasteiger partial charge >= 0.3 is 5.69 Å². The highest BCUT2D eigenvalue weighted by atomic mass is 16.5. The number of aromatic nitrogens is 2. The maximum atomic E-state index is 12.0. The third-order valence-corrected chi connectivity index (χ3v) is 2.35. The van der Waals surface area contributed by atoms with Gasteiger partial charge in [-0.2, -0.15) is 0 Å². The average Bonchev–Trinajstić information content (AvgIpc) is 2.39. The number of hydrogen-bond donors (Lipinski definition) is 1. The van der Waals surface area contributed by atoms with E-state index in [9.17, 15) is 9.59 Å². The van der Waals surface area contributed by atoms with Crippen molar-refractivity contribution in [1.82, 2.24) is 9.97 Å². The van der Waals surface area contributed by atoms with Crippen LogP contribution in [0.5, 0.6) is 5.75 Å². The summed E-state index contributed by atoms with van der Waals surface area (Å²) in [5.41, 5.74) is 0.172. The summed E-state index contributed by atoms with van der Waals surface area (Å²) in [6.07, 6.45) is 1.31. The minimum Gasteiger partial charge on any atom is -0.494 e. The Balaban J connectivity index is 2.26. The first-order chi connectivity index (χ1) is 8.70. The molecule has 1 aromatic carbocycles. The van der Waals surface area contributed by atoms with E-state index < -0.39 is 5.69 Å². The van der Waals surface area contributed by atoms with Crippen molar-refractivity contribution in [3.05, 3.63) is 58.3 Å². The van der Waals surface area contributed by atoms with Gasteiger partial charge in [0, 0.05) is 11.8 Å². The van der Waals surface area contributed by atoms with Gasteiger partial charge in [0.15, 0.2) is 0 Å². The Morgan fingerprint density at radius 2 is 2.00 bits per heavy atom. The number of carbonyl (C=O) groups excluding carboxylic acids is 1. The summed E-state index contributed by atoms with van der Waals surface area (Å²) < 4.78 is 5.29. The summed E-state index contributed by atoms with van der Waals surface area (Å²) in [5, 5.41) is 0. The summed E-state index contributed by atoms with van der Waals surface area (Å²) >= 11 is 0. The number of ketones is 1. The van der Waals surface area contributed by atoms with E-state index in [1.54, 1.807) is 24.3 Å². The second kappa shape index (κ2) is 5.27. The first kappa shape index (κ1) is 12.0. The molecular formula is C13H12N2O3. The van der Waals surface area contributed by atoms with Crippen LogP contribution in [0.25, 0.3) is 0 Å². The number of rotatable bonds is 4. The molecule has 1 N–H and O–H groups in total. The first-order valence-corrected chi connectivity index (χ1v) is 5.53. The molecule has 5 heteroatoms. The molecule has 0 fully saturated rings. The lowest BCUT2D eigenvalue weighted by molar-refractivity contribution is 0.103. The molecule has 2 rings (SSSR count). The van der Waals surface area contributed by atoms with Crippen LogP contribution in [-0.4, -0.2) is 22.4 Å². The Morgan fingerprint density at radius 3 is 2.61 bits per heavy atom. The molecule has 0 aliphatic carbocycles. The van der Waals surface area contributed by atoms with Gasteiger partial charge in [-0.3, -0.25) is 4.79 Å². The van der Waals surface area contributed by atoms with Gasteiger partial charge in [0.05, 0.1) is 12.3 Å². The van der Waals surface area contributed by atoms with Gasteiger partial charge in [-0.25, -0.2) is 9.78 Å². The van der Waals surface area contributed by atoms with E-state index in [-0.39, 0.29) is 11.5 Å². The van der Waals surface area contributed by atoms with Crippen LogP contribution >= 0.6 is 0 Å². The Labute approximate surface area is 103 Å². The fourth-order valence-electron chi connectivity index (χ4n) is 1.53. The van der Waals surface area contributed by atoms with Crippen LogP contribution in [0.1, 0.15) is 23.0 Å². The molecule has 1 heterocycles. The number of nitrogens with one attached hydrogen (secondary N) is 1. The second-order valence-corrected chi connectivity index (χ2v) is 3.58. The van der Waals surface area contributed by atoms with Crippen LogP contribution in [0.15, 0.2) is 41.3 Å². The van der Waals surface area contributed by atoms with Crippen LogP contribution in [0, 0.1) is 0 Å². The zero-order valence-corrected chi connectivity index (χ0v) is 9.84. The van der Waals surface area contributed by atoms with Gasteiger partial charge in [0.25, 0.3) is 0 Å². The largest absolute Gasteiger partial charge is 0.494 e. The number of nitrogens with zero attached hydrogens (tertiary/aromatic N) is 1. The topological polar surface area (TPSA) is 72.0 Å². The maximum Gasteiger partial charge on any atom is 0.345 e. The number of H-pyrrole nitrogens is 1. The second-order valence-electron chi connectivity index (χ2n) is 3.58. The van der Waals surface area contributed by atoms with Crippen molar-refractivity contribution in [3.63, 3.8) is 0 Å². The van der Waals surface area contributed by atoms with E-state index in [2.05, 4.69) is 9.97 Å². The normalized spacial score (nSPS) is 10.1. The molecule has 0 saturated heterocycles. The molecule has 0 spiro atoms. The predicted molar refractivity (Wildman–Crippen MR) is 65.9 cm³/mol.